The fourth-order valence-corrected chi connectivity index (χ4v) is 17.1. The molecule has 0 unspecified atom stereocenters. The third-order valence-electron chi connectivity index (χ3n) is 7.10. The average molecular weight is 634 g/mol. The molecule has 0 saturated heterocycles. The van der Waals surface area contributed by atoms with Gasteiger partial charge in [0.2, 0.25) is 0 Å². The lowest BCUT2D eigenvalue weighted by Gasteiger charge is -2.54. The van der Waals surface area contributed by atoms with E-state index in [0.717, 1.165) is 41.5 Å². The predicted molar refractivity (Wildman–Crippen MR) is 165 cm³/mol. The summed E-state index contributed by atoms with van der Waals surface area (Å²) in [7, 11) is -1.13. The molecule has 0 aliphatic carbocycles. The third-order valence-corrected chi connectivity index (χ3v) is 15.5. The number of phenolic OH excluding ortho intramolecular Hbond substituents is 1. The number of unbranched alkanes of at least 4 members (excludes halogenated alkanes) is 5. The molecule has 2 radical (unpaired) electrons. The minimum atomic E-state index is -1.86. The second kappa shape index (κ2) is 17.0. The van der Waals surface area contributed by atoms with Crippen LogP contribution in [0.4, 0.5) is 0 Å². The second-order valence-corrected chi connectivity index (χ2v) is 20.2. The van der Waals surface area contributed by atoms with Crippen molar-refractivity contribution in [1.29, 1.82) is 0 Å². The van der Waals surface area contributed by atoms with E-state index >= 15 is 0 Å². The molecule has 0 fully saturated rings. The molecular weight excluding hydrogens is 575 g/mol. The summed E-state index contributed by atoms with van der Waals surface area (Å²) in [6.07, 6.45) is 7.30. The lowest BCUT2D eigenvalue weighted by Crippen LogP contribution is -3.00. The molecule has 1 aromatic rings. The molecule has 38 heavy (non-hydrogen) atoms. The Labute approximate surface area is 249 Å². The highest BCUT2D eigenvalue weighted by Crippen LogP contribution is 2.83. The van der Waals surface area contributed by atoms with Crippen molar-refractivity contribution in [3.63, 3.8) is 0 Å². The number of ether oxygens (including phenoxy) is 3. The first-order chi connectivity index (χ1) is 17.1. The van der Waals surface area contributed by atoms with Crippen LogP contribution in [0.2, 0.25) is 6.04 Å². The molecule has 0 aliphatic heterocycles. The summed E-state index contributed by atoms with van der Waals surface area (Å²) in [5, 5.41) is 12.0. The molecule has 0 aliphatic rings. The number of aromatic hydroxyl groups is 1. The minimum Gasteiger partial charge on any atom is -1.00 e. The third kappa shape index (κ3) is 10.4. The van der Waals surface area contributed by atoms with E-state index in [1.54, 1.807) is 6.07 Å². The molecule has 1 aromatic carbocycles. The lowest BCUT2D eigenvalue weighted by molar-refractivity contribution is -0.0827. The van der Waals surface area contributed by atoms with Crippen molar-refractivity contribution in [3.05, 3.63) is 18.2 Å². The number of hydrogen-bond acceptors (Lipinski definition) is 4. The van der Waals surface area contributed by atoms with Gasteiger partial charge in [-0.2, -0.15) is 0 Å². The Morgan fingerprint density at radius 2 is 1.24 bits per heavy atom. The van der Waals surface area contributed by atoms with Crippen molar-refractivity contribution in [2.45, 2.75) is 142 Å². The number of phenols is 1. The van der Waals surface area contributed by atoms with E-state index in [1.165, 1.54) is 43.5 Å². The van der Waals surface area contributed by atoms with Crippen molar-refractivity contribution in [2.75, 3.05) is 19.8 Å². The van der Waals surface area contributed by atoms with E-state index in [4.69, 9.17) is 14.2 Å². The predicted octanol–water partition coefficient (Wildman–Crippen LogP) is 5.63. The summed E-state index contributed by atoms with van der Waals surface area (Å²) in [6, 6.07) is 6.98. The van der Waals surface area contributed by atoms with Crippen LogP contribution in [0, 0.1) is 0 Å². The molecule has 0 heterocycles. The first-order valence-corrected chi connectivity index (χ1v) is 17.5. The van der Waals surface area contributed by atoms with Gasteiger partial charge in [0, 0.05) is 19.3 Å². The molecule has 1 N–H and O–H groups in total. The summed E-state index contributed by atoms with van der Waals surface area (Å²) in [4.78, 5) is 0. The Bertz CT molecular complexity index is 742. The maximum absolute atomic E-state index is 10.6. The number of hydrogen-bond donors (Lipinski definition) is 1. The van der Waals surface area contributed by atoms with E-state index in [-0.39, 0.29) is 38.4 Å². The van der Waals surface area contributed by atoms with Crippen LogP contribution in [0.25, 0.3) is 0 Å². The SMILES string of the molecule is CCOC(OCC)[Si]CCCCCCCCOc1ccc(O)cc1[P+](C(C)(C)C)(C(C)(C)C)C(C)(C)C.[Br-]. The van der Waals surface area contributed by atoms with Gasteiger partial charge in [-0.25, -0.2) is 0 Å². The van der Waals surface area contributed by atoms with Gasteiger partial charge in [0.1, 0.15) is 26.5 Å². The van der Waals surface area contributed by atoms with Crippen LogP contribution in [0.3, 0.4) is 0 Å². The van der Waals surface area contributed by atoms with Crippen LogP contribution in [-0.4, -0.2) is 55.8 Å². The van der Waals surface area contributed by atoms with Gasteiger partial charge in [-0.1, -0.05) is 38.1 Å². The molecule has 0 amide bonds. The summed E-state index contributed by atoms with van der Waals surface area (Å²) >= 11 is 0. The summed E-state index contributed by atoms with van der Waals surface area (Å²) in [5.74, 6) is 1.29. The van der Waals surface area contributed by atoms with Crippen molar-refractivity contribution in [3.8, 4) is 11.5 Å². The zero-order valence-electron chi connectivity index (χ0n) is 26.4. The van der Waals surface area contributed by atoms with Crippen molar-refractivity contribution < 1.29 is 36.3 Å². The van der Waals surface area contributed by atoms with Gasteiger partial charge in [0.05, 0.1) is 29.3 Å². The van der Waals surface area contributed by atoms with Crippen LogP contribution in [-0.2, 0) is 9.47 Å². The monoisotopic (exact) mass is 632 g/mol. The molecule has 4 nitrogen and oxygen atoms in total. The molecule has 0 spiro atoms. The van der Waals surface area contributed by atoms with E-state index in [1.807, 2.05) is 26.0 Å². The van der Waals surface area contributed by atoms with Crippen LogP contribution in [0.15, 0.2) is 18.2 Å². The summed E-state index contributed by atoms with van der Waals surface area (Å²) in [6.45, 7) is 27.6. The van der Waals surface area contributed by atoms with E-state index < -0.39 is 7.26 Å². The standard InChI is InChI=1S/C31H57O4PSi.BrH/c1-12-33-28(34-13-2)37-23-19-17-15-14-16-18-22-35-26-21-20-25(32)24-27(26)36(29(3,4)5,30(6,7)8)31(9,10)11;/h20-21,24,28H,12-19,22-23H2,1-11H3;1H. The summed E-state index contributed by atoms with van der Waals surface area (Å²) < 4.78 is 17.8. The highest BCUT2D eigenvalue weighted by atomic mass is 79.9. The van der Waals surface area contributed by atoms with Gasteiger partial charge >= 0.3 is 0 Å². The molecule has 0 bridgehead atoms. The average Bonchev–Trinajstić information content (AvgIpc) is 2.73. The maximum Gasteiger partial charge on any atom is 0.161 e. The van der Waals surface area contributed by atoms with Gasteiger partial charge in [-0.15, -0.1) is 0 Å². The number of halogens is 1. The largest absolute Gasteiger partial charge is 1.00 e. The Morgan fingerprint density at radius 3 is 1.71 bits per heavy atom. The molecule has 0 aromatic heterocycles. The van der Waals surface area contributed by atoms with Gasteiger partial charge in [0.15, 0.2) is 5.75 Å². The molecule has 0 atom stereocenters. The summed E-state index contributed by atoms with van der Waals surface area (Å²) in [5.41, 5.74) is 0. The Hall–Kier alpha value is -0.133. The van der Waals surface area contributed by atoms with Crippen LogP contribution in [0.1, 0.15) is 115 Å². The quantitative estimate of drug-likeness (QED) is 0.111. The minimum absolute atomic E-state index is 0. The fourth-order valence-electron chi connectivity index (χ4n) is 6.80. The van der Waals surface area contributed by atoms with E-state index in [0.29, 0.717) is 5.75 Å². The second-order valence-electron chi connectivity index (χ2n) is 13.0. The number of rotatable bonds is 16. The van der Waals surface area contributed by atoms with Crippen LogP contribution in [0.5, 0.6) is 11.5 Å². The lowest BCUT2D eigenvalue weighted by atomic mass is 10.1. The highest BCUT2D eigenvalue weighted by Gasteiger charge is 2.67. The molecule has 7 heteroatoms. The van der Waals surface area contributed by atoms with Gasteiger partial charge in [-0.3, -0.25) is 0 Å². The van der Waals surface area contributed by atoms with Crippen molar-refractivity contribution in [2.24, 2.45) is 0 Å². The van der Waals surface area contributed by atoms with Crippen LogP contribution >= 0.6 is 7.26 Å². The van der Waals surface area contributed by atoms with Crippen LogP contribution < -0.4 is 27.0 Å². The van der Waals surface area contributed by atoms with Crippen molar-refractivity contribution >= 4 is 22.1 Å². The normalized spacial score (nSPS) is 13.1. The van der Waals surface area contributed by atoms with Gasteiger partial charge in [-0.05, 0) is 94.7 Å². The van der Waals surface area contributed by atoms with E-state index in [2.05, 4.69) is 62.3 Å². The first kappa shape index (κ1) is 37.9. The Kier molecular flexibility index (Phi) is 16.9. The van der Waals surface area contributed by atoms with Gasteiger partial charge < -0.3 is 36.3 Å². The maximum atomic E-state index is 10.6. The first-order valence-electron chi connectivity index (χ1n) is 14.5. The zero-order chi connectivity index (χ0) is 28.3. The zero-order valence-corrected chi connectivity index (χ0v) is 29.9. The number of benzene rings is 1. The molecule has 1 rings (SSSR count). The Morgan fingerprint density at radius 1 is 0.763 bits per heavy atom. The van der Waals surface area contributed by atoms with Gasteiger partial charge in [0.25, 0.3) is 0 Å². The highest BCUT2D eigenvalue weighted by molar-refractivity contribution is 7.87. The van der Waals surface area contributed by atoms with Crippen molar-refractivity contribution in [1.82, 2.24) is 0 Å². The Balaban J connectivity index is 0.0000137. The molecule has 0 saturated carbocycles. The molecular formula is C31H58BrO4PSi. The fraction of sp³-hybridized carbons (Fsp3) is 0.806. The topological polar surface area (TPSA) is 47.9 Å². The van der Waals surface area contributed by atoms with E-state index in [9.17, 15) is 5.11 Å². The smallest absolute Gasteiger partial charge is 0.161 e. The molecule has 222 valence electrons.